The van der Waals surface area contributed by atoms with Gasteiger partial charge in [0.15, 0.2) is 0 Å². The number of carboxylic acids is 1. The van der Waals surface area contributed by atoms with Crippen molar-refractivity contribution in [1.82, 2.24) is 10.2 Å². The van der Waals surface area contributed by atoms with Gasteiger partial charge in [-0.05, 0) is 30.5 Å². The number of carboxylic acid groups (broad SMARTS) is 1. The number of hydrogen-bond acceptors (Lipinski definition) is 2. The second-order valence-corrected chi connectivity index (χ2v) is 4.74. The number of aliphatic carboxylic acids is 1. The highest BCUT2D eigenvalue weighted by Crippen LogP contribution is 2.06. The SMILES string of the molecule is CCCN(CCc1cccc(F)c1)C(=O)NCCC(=O)O. The highest BCUT2D eigenvalue weighted by atomic mass is 19.1. The van der Waals surface area contributed by atoms with E-state index in [1.165, 1.54) is 12.1 Å². The van der Waals surface area contributed by atoms with E-state index < -0.39 is 5.97 Å². The molecule has 6 heteroatoms. The summed E-state index contributed by atoms with van der Waals surface area (Å²) in [6.07, 6.45) is 1.26. The number of rotatable bonds is 8. The summed E-state index contributed by atoms with van der Waals surface area (Å²) in [5.41, 5.74) is 0.828. The Bertz CT molecular complexity index is 480. The van der Waals surface area contributed by atoms with Crippen molar-refractivity contribution in [2.75, 3.05) is 19.6 Å². The Balaban J connectivity index is 2.48. The van der Waals surface area contributed by atoms with Crippen LogP contribution in [-0.4, -0.2) is 41.6 Å². The minimum Gasteiger partial charge on any atom is -0.481 e. The zero-order valence-corrected chi connectivity index (χ0v) is 12.1. The molecule has 5 nitrogen and oxygen atoms in total. The molecule has 0 radical (unpaired) electrons. The maximum absolute atomic E-state index is 13.1. The molecule has 0 aliphatic rings. The van der Waals surface area contributed by atoms with Crippen molar-refractivity contribution in [3.63, 3.8) is 0 Å². The van der Waals surface area contributed by atoms with Crippen LogP contribution in [0.2, 0.25) is 0 Å². The van der Waals surface area contributed by atoms with E-state index in [4.69, 9.17) is 5.11 Å². The molecular formula is C15H21FN2O3. The lowest BCUT2D eigenvalue weighted by Gasteiger charge is -2.22. The first-order valence-electron chi connectivity index (χ1n) is 7.02. The summed E-state index contributed by atoms with van der Waals surface area (Å²) in [7, 11) is 0. The molecule has 2 N–H and O–H groups in total. The van der Waals surface area contributed by atoms with Crippen LogP contribution in [0.1, 0.15) is 25.3 Å². The smallest absolute Gasteiger partial charge is 0.317 e. The van der Waals surface area contributed by atoms with Gasteiger partial charge >= 0.3 is 12.0 Å². The number of halogens is 1. The predicted octanol–water partition coefficient (Wildman–Crippen LogP) is 2.26. The molecule has 116 valence electrons. The third-order valence-corrected chi connectivity index (χ3v) is 2.96. The minimum atomic E-state index is -0.947. The van der Waals surface area contributed by atoms with Crippen LogP contribution < -0.4 is 5.32 Å². The van der Waals surface area contributed by atoms with Crippen molar-refractivity contribution < 1.29 is 19.1 Å². The summed E-state index contributed by atoms with van der Waals surface area (Å²) < 4.78 is 13.1. The van der Waals surface area contributed by atoms with Crippen molar-refractivity contribution in [3.05, 3.63) is 35.6 Å². The topological polar surface area (TPSA) is 69.6 Å². The summed E-state index contributed by atoms with van der Waals surface area (Å²) in [5.74, 6) is -1.24. The number of carbonyl (C=O) groups is 2. The molecule has 0 aliphatic carbocycles. The van der Waals surface area contributed by atoms with Gasteiger partial charge in [0.2, 0.25) is 0 Å². The van der Waals surface area contributed by atoms with Crippen LogP contribution in [0.5, 0.6) is 0 Å². The first-order valence-corrected chi connectivity index (χ1v) is 7.02. The predicted molar refractivity (Wildman–Crippen MR) is 77.6 cm³/mol. The standard InChI is InChI=1S/C15H21FN2O3/c1-2-9-18(15(21)17-8-6-14(19)20)10-7-12-4-3-5-13(16)11-12/h3-5,11H,2,6-10H2,1H3,(H,17,21)(H,19,20). The van der Waals surface area contributed by atoms with Crippen LogP contribution in [0.3, 0.4) is 0 Å². The van der Waals surface area contributed by atoms with Crippen molar-refractivity contribution in [2.24, 2.45) is 0 Å². The molecular weight excluding hydrogens is 275 g/mol. The van der Waals surface area contributed by atoms with Crippen LogP contribution in [0.4, 0.5) is 9.18 Å². The molecule has 0 aliphatic heterocycles. The zero-order valence-electron chi connectivity index (χ0n) is 12.1. The monoisotopic (exact) mass is 296 g/mol. The molecule has 0 saturated carbocycles. The highest BCUT2D eigenvalue weighted by molar-refractivity contribution is 5.75. The Labute approximate surface area is 123 Å². The molecule has 0 heterocycles. The number of nitrogens with one attached hydrogen (secondary N) is 1. The first-order chi connectivity index (χ1) is 10.0. The number of amides is 2. The Morgan fingerprint density at radius 3 is 2.71 bits per heavy atom. The normalized spacial score (nSPS) is 10.2. The molecule has 1 aromatic rings. The Morgan fingerprint density at radius 2 is 2.10 bits per heavy atom. The molecule has 0 bridgehead atoms. The molecule has 0 atom stereocenters. The Morgan fingerprint density at radius 1 is 1.33 bits per heavy atom. The van der Waals surface area contributed by atoms with Gasteiger partial charge in [-0.3, -0.25) is 4.79 Å². The fourth-order valence-electron chi connectivity index (χ4n) is 1.93. The lowest BCUT2D eigenvalue weighted by Crippen LogP contribution is -2.42. The summed E-state index contributed by atoms with van der Waals surface area (Å²) >= 11 is 0. The number of nitrogens with zero attached hydrogens (tertiary/aromatic N) is 1. The average molecular weight is 296 g/mol. The minimum absolute atomic E-state index is 0.102. The number of hydrogen-bond donors (Lipinski definition) is 2. The van der Waals surface area contributed by atoms with E-state index in [0.29, 0.717) is 19.5 Å². The van der Waals surface area contributed by atoms with Gasteiger partial charge < -0.3 is 15.3 Å². The average Bonchev–Trinajstić information content (AvgIpc) is 2.43. The molecule has 0 unspecified atom stereocenters. The molecule has 1 rings (SSSR count). The first kappa shape index (κ1) is 16.9. The molecule has 0 saturated heterocycles. The summed E-state index contributed by atoms with van der Waals surface area (Å²) in [5, 5.41) is 11.1. The van der Waals surface area contributed by atoms with Gasteiger partial charge in [0.1, 0.15) is 5.82 Å². The van der Waals surface area contributed by atoms with E-state index in [1.807, 2.05) is 13.0 Å². The van der Waals surface area contributed by atoms with E-state index in [-0.39, 0.29) is 24.8 Å². The maximum Gasteiger partial charge on any atom is 0.317 e. The summed E-state index contributed by atoms with van der Waals surface area (Å²) in [4.78, 5) is 24.0. The van der Waals surface area contributed by atoms with E-state index in [0.717, 1.165) is 12.0 Å². The van der Waals surface area contributed by atoms with Gasteiger partial charge in [0.25, 0.3) is 0 Å². The molecule has 0 aromatic heterocycles. The molecule has 1 aromatic carbocycles. The van der Waals surface area contributed by atoms with Crippen molar-refractivity contribution in [3.8, 4) is 0 Å². The van der Waals surface area contributed by atoms with Crippen molar-refractivity contribution in [1.29, 1.82) is 0 Å². The van der Waals surface area contributed by atoms with Gasteiger partial charge in [-0.1, -0.05) is 19.1 Å². The van der Waals surface area contributed by atoms with Gasteiger partial charge in [-0.15, -0.1) is 0 Å². The fraction of sp³-hybridized carbons (Fsp3) is 0.467. The number of carbonyl (C=O) groups excluding carboxylic acids is 1. The molecule has 0 fully saturated rings. The van der Waals surface area contributed by atoms with Gasteiger partial charge in [-0.2, -0.15) is 0 Å². The van der Waals surface area contributed by atoms with Crippen LogP contribution in [0.15, 0.2) is 24.3 Å². The Kier molecular flexibility index (Phi) is 7.21. The molecule has 21 heavy (non-hydrogen) atoms. The second kappa shape index (κ2) is 8.94. The van der Waals surface area contributed by atoms with Crippen molar-refractivity contribution in [2.45, 2.75) is 26.2 Å². The zero-order chi connectivity index (χ0) is 15.7. The van der Waals surface area contributed by atoms with Crippen LogP contribution in [0.25, 0.3) is 0 Å². The Hall–Kier alpha value is -2.11. The maximum atomic E-state index is 13.1. The lowest BCUT2D eigenvalue weighted by atomic mass is 10.1. The van der Waals surface area contributed by atoms with E-state index >= 15 is 0 Å². The third kappa shape index (κ3) is 6.74. The third-order valence-electron chi connectivity index (χ3n) is 2.96. The quantitative estimate of drug-likeness (QED) is 0.773. The van der Waals surface area contributed by atoms with E-state index in [9.17, 15) is 14.0 Å². The van der Waals surface area contributed by atoms with Crippen molar-refractivity contribution >= 4 is 12.0 Å². The van der Waals surface area contributed by atoms with Crippen LogP contribution >= 0.6 is 0 Å². The number of benzene rings is 1. The van der Waals surface area contributed by atoms with E-state index in [1.54, 1.807) is 11.0 Å². The van der Waals surface area contributed by atoms with E-state index in [2.05, 4.69) is 5.32 Å². The summed E-state index contributed by atoms with van der Waals surface area (Å²) in [6.45, 7) is 3.11. The lowest BCUT2D eigenvalue weighted by molar-refractivity contribution is -0.136. The fourth-order valence-corrected chi connectivity index (χ4v) is 1.93. The van der Waals surface area contributed by atoms with Crippen LogP contribution in [0, 0.1) is 5.82 Å². The number of urea groups is 1. The highest BCUT2D eigenvalue weighted by Gasteiger charge is 2.12. The van der Waals surface area contributed by atoms with Crippen LogP contribution in [-0.2, 0) is 11.2 Å². The van der Waals surface area contributed by atoms with Gasteiger partial charge in [0, 0.05) is 19.6 Å². The largest absolute Gasteiger partial charge is 0.481 e. The van der Waals surface area contributed by atoms with Gasteiger partial charge in [-0.25, -0.2) is 9.18 Å². The molecule has 0 spiro atoms. The molecule has 2 amide bonds. The van der Waals surface area contributed by atoms with Gasteiger partial charge in [0.05, 0.1) is 6.42 Å². The second-order valence-electron chi connectivity index (χ2n) is 4.74. The summed E-state index contributed by atoms with van der Waals surface area (Å²) in [6, 6.07) is 6.00.